The van der Waals surface area contributed by atoms with Gasteiger partial charge in [-0.3, -0.25) is 9.48 Å². The van der Waals surface area contributed by atoms with Crippen molar-refractivity contribution < 1.29 is 13.6 Å². The molecule has 1 amide bonds. The lowest BCUT2D eigenvalue weighted by atomic mass is 10.2. The smallest absolute Gasteiger partial charge is 0.260 e. The number of hydrogen-bond donors (Lipinski definition) is 1. The molecule has 0 atom stereocenters. The molecule has 2 aromatic heterocycles. The number of halogens is 1. The van der Waals surface area contributed by atoms with Crippen molar-refractivity contribution >= 4 is 11.7 Å². The first-order chi connectivity index (χ1) is 11.0. The Labute approximate surface area is 132 Å². The predicted molar refractivity (Wildman–Crippen MR) is 83.9 cm³/mol. The molecule has 0 spiro atoms. The molecule has 2 heterocycles. The lowest BCUT2D eigenvalue weighted by molar-refractivity contribution is 0.102. The number of aromatic nitrogens is 2. The molecule has 1 N–H and O–H groups in total. The van der Waals surface area contributed by atoms with Crippen molar-refractivity contribution in [3.63, 3.8) is 0 Å². The van der Waals surface area contributed by atoms with Crippen LogP contribution >= 0.6 is 0 Å². The predicted octanol–water partition coefficient (Wildman–Crippen LogP) is 3.53. The molecule has 3 aromatic rings. The largest absolute Gasteiger partial charge is 0.466 e. The molecular weight excluding hydrogens is 297 g/mol. The third kappa shape index (κ3) is 3.31. The van der Waals surface area contributed by atoms with Crippen LogP contribution in [-0.4, -0.2) is 15.7 Å². The van der Waals surface area contributed by atoms with Gasteiger partial charge in [-0.2, -0.15) is 5.10 Å². The summed E-state index contributed by atoms with van der Waals surface area (Å²) in [7, 11) is 0. The molecule has 0 radical (unpaired) electrons. The highest BCUT2D eigenvalue weighted by Crippen LogP contribution is 2.16. The highest BCUT2D eigenvalue weighted by molar-refractivity contribution is 6.04. The van der Waals surface area contributed by atoms with Gasteiger partial charge in [0.2, 0.25) is 0 Å². The van der Waals surface area contributed by atoms with Crippen molar-refractivity contribution in [1.29, 1.82) is 0 Å². The van der Waals surface area contributed by atoms with Crippen LogP contribution in [0.2, 0.25) is 0 Å². The second-order valence-corrected chi connectivity index (χ2v) is 5.27. The van der Waals surface area contributed by atoms with E-state index in [0.29, 0.717) is 35.0 Å². The zero-order chi connectivity index (χ0) is 16.4. The average molecular weight is 313 g/mol. The SMILES string of the molecule is Cc1cc(C(=O)Nc2ccn(Cc3ccccc3F)n2)c(C)o1. The number of furan rings is 1. The number of nitrogens with one attached hydrogen (secondary N) is 1. The molecule has 0 saturated carbocycles. The van der Waals surface area contributed by atoms with Gasteiger partial charge < -0.3 is 9.73 Å². The number of carbonyl (C=O) groups is 1. The Bertz CT molecular complexity index is 851. The highest BCUT2D eigenvalue weighted by Gasteiger charge is 2.14. The number of hydrogen-bond acceptors (Lipinski definition) is 3. The summed E-state index contributed by atoms with van der Waals surface area (Å²) < 4.78 is 20.6. The van der Waals surface area contributed by atoms with Crippen LogP contribution < -0.4 is 5.32 Å². The second kappa shape index (κ2) is 6.08. The molecule has 118 valence electrons. The molecule has 0 aliphatic rings. The van der Waals surface area contributed by atoms with E-state index in [1.807, 2.05) is 0 Å². The van der Waals surface area contributed by atoms with Gasteiger partial charge in [0.25, 0.3) is 5.91 Å². The Morgan fingerprint density at radius 2 is 2.09 bits per heavy atom. The number of amides is 1. The number of rotatable bonds is 4. The zero-order valence-electron chi connectivity index (χ0n) is 12.8. The van der Waals surface area contributed by atoms with Gasteiger partial charge in [-0.15, -0.1) is 0 Å². The van der Waals surface area contributed by atoms with E-state index in [-0.39, 0.29) is 11.7 Å². The van der Waals surface area contributed by atoms with Crippen LogP contribution in [0.4, 0.5) is 10.2 Å². The lowest BCUT2D eigenvalue weighted by Gasteiger charge is -2.03. The van der Waals surface area contributed by atoms with E-state index < -0.39 is 0 Å². The number of anilines is 1. The van der Waals surface area contributed by atoms with Crippen LogP contribution in [0, 0.1) is 19.7 Å². The normalized spacial score (nSPS) is 10.7. The summed E-state index contributed by atoms with van der Waals surface area (Å²) in [5.41, 5.74) is 1.01. The topological polar surface area (TPSA) is 60.1 Å². The number of nitrogens with zero attached hydrogens (tertiary/aromatic N) is 2. The Balaban J connectivity index is 1.71. The van der Waals surface area contributed by atoms with Crippen LogP contribution in [0.25, 0.3) is 0 Å². The lowest BCUT2D eigenvalue weighted by Crippen LogP contribution is -2.13. The molecule has 0 saturated heterocycles. The number of carbonyl (C=O) groups excluding carboxylic acids is 1. The molecular formula is C17H16FN3O2. The molecule has 1 aromatic carbocycles. The Hall–Kier alpha value is -2.89. The van der Waals surface area contributed by atoms with Crippen molar-refractivity contribution in [1.82, 2.24) is 9.78 Å². The van der Waals surface area contributed by atoms with Crippen molar-refractivity contribution in [3.05, 3.63) is 71.1 Å². The Morgan fingerprint density at radius 3 is 2.78 bits per heavy atom. The molecule has 0 unspecified atom stereocenters. The first-order valence-corrected chi connectivity index (χ1v) is 7.18. The fourth-order valence-electron chi connectivity index (χ4n) is 2.36. The van der Waals surface area contributed by atoms with E-state index in [9.17, 15) is 9.18 Å². The van der Waals surface area contributed by atoms with Crippen LogP contribution in [0.15, 0.2) is 47.0 Å². The molecule has 5 nitrogen and oxygen atoms in total. The van der Waals surface area contributed by atoms with Crippen molar-refractivity contribution in [2.45, 2.75) is 20.4 Å². The summed E-state index contributed by atoms with van der Waals surface area (Å²) in [6.07, 6.45) is 1.69. The van der Waals surface area contributed by atoms with Crippen molar-refractivity contribution in [2.75, 3.05) is 5.32 Å². The Kier molecular flexibility index (Phi) is 3.97. The van der Waals surface area contributed by atoms with E-state index >= 15 is 0 Å². The van der Waals surface area contributed by atoms with Gasteiger partial charge in [-0.25, -0.2) is 4.39 Å². The first kappa shape index (κ1) is 15.0. The fourth-order valence-corrected chi connectivity index (χ4v) is 2.36. The third-order valence-electron chi connectivity index (χ3n) is 3.46. The van der Waals surface area contributed by atoms with Crippen LogP contribution in [-0.2, 0) is 6.54 Å². The molecule has 0 fully saturated rings. The molecule has 23 heavy (non-hydrogen) atoms. The van der Waals surface area contributed by atoms with Crippen molar-refractivity contribution in [2.24, 2.45) is 0 Å². The summed E-state index contributed by atoms with van der Waals surface area (Å²) in [5, 5.41) is 6.94. The van der Waals surface area contributed by atoms with E-state index in [4.69, 9.17) is 4.42 Å². The maximum absolute atomic E-state index is 13.6. The van der Waals surface area contributed by atoms with Crippen LogP contribution in [0.1, 0.15) is 27.4 Å². The minimum Gasteiger partial charge on any atom is -0.466 e. The van der Waals surface area contributed by atoms with E-state index in [2.05, 4.69) is 10.4 Å². The molecule has 3 rings (SSSR count). The minimum atomic E-state index is -0.282. The highest BCUT2D eigenvalue weighted by atomic mass is 19.1. The van der Waals surface area contributed by atoms with Gasteiger partial charge in [-0.1, -0.05) is 18.2 Å². The first-order valence-electron chi connectivity index (χ1n) is 7.18. The number of aryl methyl sites for hydroxylation is 2. The molecule has 0 bridgehead atoms. The summed E-state index contributed by atoms with van der Waals surface area (Å²) in [6, 6.07) is 9.87. The van der Waals surface area contributed by atoms with E-state index in [1.165, 1.54) is 6.07 Å². The van der Waals surface area contributed by atoms with Gasteiger partial charge >= 0.3 is 0 Å². The summed E-state index contributed by atoms with van der Waals surface area (Å²) in [4.78, 5) is 12.2. The average Bonchev–Trinajstić information content (AvgIpc) is 3.07. The number of benzene rings is 1. The molecule has 0 aliphatic carbocycles. The maximum atomic E-state index is 13.6. The van der Waals surface area contributed by atoms with Gasteiger partial charge in [0.15, 0.2) is 5.82 Å². The second-order valence-electron chi connectivity index (χ2n) is 5.27. The molecule has 0 aliphatic heterocycles. The fraction of sp³-hybridized carbons (Fsp3) is 0.176. The summed E-state index contributed by atoms with van der Waals surface area (Å²) >= 11 is 0. The van der Waals surface area contributed by atoms with E-state index in [1.54, 1.807) is 55.1 Å². The maximum Gasteiger partial charge on any atom is 0.260 e. The monoisotopic (exact) mass is 313 g/mol. The van der Waals surface area contributed by atoms with E-state index in [0.717, 1.165) is 0 Å². The van der Waals surface area contributed by atoms with Gasteiger partial charge in [-0.05, 0) is 26.0 Å². The molecule has 6 heteroatoms. The third-order valence-corrected chi connectivity index (χ3v) is 3.46. The Morgan fingerprint density at radius 1 is 1.30 bits per heavy atom. The van der Waals surface area contributed by atoms with Crippen LogP contribution in [0.5, 0.6) is 0 Å². The van der Waals surface area contributed by atoms with Gasteiger partial charge in [0, 0.05) is 17.8 Å². The minimum absolute atomic E-state index is 0.280. The summed E-state index contributed by atoms with van der Waals surface area (Å²) in [6.45, 7) is 3.82. The van der Waals surface area contributed by atoms with Gasteiger partial charge in [0.05, 0.1) is 12.1 Å². The van der Waals surface area contributed by atoms with Crippen LogP contribution in [0.3, 0.4) is 0 Å². The standard InChI is InChI=1S/C17H16FN3O2/c1-11-9-14(12(2)23-11)17(22)19-16-7-8-21(20-16)10-13-5-3-4-6-15(13)18/h3-9H,10H2,1-2H3,(H,19,20,22). The quantitative estimate of drug-likeness (QED) is 0.801. The van der Waals surface area contributed by atoms with Crippen molar-refractivity contribution in [3.8, 4) is 0 Å². The van der Waals surface area contributed by atoms with Gasteiger partial charge in [0.1, 0.15) is 17.3 Å². The zero-order valence-corrected chi connectivity index (χ0v) is 12.8. The summed E-state index contributed by atoms with van der Waals surface area (Å²) in [5.74, 6) is 1.08.